The second kappa shape index (κ2) is 10.4. The molecule has 92 valence electrons. The number of unbranched alkanes of at least 4 members (excludes halogenated alkanes) is 3. The Morgan fingerprint density at radius 1 is 1.31 bits per heavy atom. The lowest BCUT2D eigenvalue weighted by atomic mass is 10.1. The Bertz CT molecular complexity index is 221. The largest absolute Gasteiger partial charge is 0.435 e. The lowest BCUT2D eigenvalue weighted by Gasteiger charge is -2.06. The Morgan fingerprint density at radius 2 is 2.06 bits per heavy atom. The van der Waals surface area contributed by atoms with E-state index >= 15 is 0 Å². The fraction of sp³-hybridized carbons (Fsp3) is 0.615. The van der Waals surface area contributed by atoms with Crippen LogP contribution in [0, 0.1) is 0 Å². The first kappa shape index (κ1) is 14.9. The molecule has 0 aromatic heterocycles. The summed E-state index contributed by atoms with van der Waals surface area (Å²) in [6.45, 7) is 9.70. The molecule has 0 atom stereocenters. The van der Waals surface area contributed by atoms with Gasteiger partial charge in [-0.15, -0.1) is 6.58 Å². The first-order valence-electron chi connectivity index (χ1n) is 5.75. The van der Waals surface area contributed by atoms with Crippen LogP contribution in [0.1, 0.15) is 39.0 Å². The quantitative estimate of drug-likeness (QED) is 0.189. The maximum absolute atomic E-state index is 11.3. The van der Waals surface area contributed by atoms with E-state index in [1.54, 1.807) is 6.08 Å². The molecule has 0 rings (SSSR count). The van der Waals surface area contributed by atoms with Crippen LogP contribution in [-0.2, 0) is 14.3 Å². The molecule has 0 amide bonds. The number of ether oxygens (including phenoxy) is 2. The molecule has 0 aromatic rings. The van der Waals surface area contributed by atoms with Gasteiger partial charge < -0.3 is 9.47 Å². The van der Waals surface area contributed by atoms with Crippen LogP contribution < -0.4 is 0 Å². The van der Waals surface area contributed by atoms with E-state index in [9.17, 15) is 4.79 Å². The van der Waals surface area contributed by atoms with Gasteiger partial charge in [-0.1, -0.05) is 38.8 Å². The van der Waals surface area contributed by atoms with Gasteiger partial charge in [-0.25, -0.2) is 4.79 Å². The molecule has 16 heavy (non-hydrogen) atoms. The zero-order valence-electron chi connectivity index (χ0n) is 10.2. The van der Waals surface area contributed by atoms with Crippen LogP contribution in [-0.4, -0.2) is 19.4 Å². The summed E-state index contributed by atoms with van der Waals surface area (Å²) >= 11 is 0. The van der Waals surface area contributed by atoms with Gasteiger partial charge in [0, 0.05) is 5.57 Å². The SMILES string of the molecule is C=CCOCOC(=O)C(=C)CCCCCC. The predicted molar refractivity (Wildman–Crippen MR) is 65.0 cm³/mol. The first-order chi connectivity index (χ1) is 7.72. The summed E-state index contributed by atoms with van der Waals surface area (Å²) in [5.41, 5.74) is 0.526. The Labute approximate surface area is 98.1 Å². The summed E-state index contributed by atoms with van der Waals surface area (Å²) < 4.78 is 9.80. The second-order valence-corrected chi connectivity index (χ2v) is 3.62. The van der Waals surface area contributed by atoms with Gasteiger partial charge in [0.2, 0.25) is 0 Å². The molecule has 0 unspecified atom stereocenters. The maximum atomic E-state index is 11.3. The van der Waals surface area contributed by atoms with E-state index in [4.69, 9.17) is 9.47 Å². The Hall–Kier alpha value is -1.09. The average Bonchev–Trinajstić information content (AvgIpc) is 2.29. The molecular weight excluding hydrogens is 204 g/mol. The minimum Gasteiger partial charge on any atom is -0.435 e. The molecule has 3 nitrogen and oxygen atoms in total. The second-order valence-electron chi connectivity index (χ2n) is 3.62. The fourth-order valence-corrected chi connectivity index (χ4v) is 1.20. The molecule has 3 heteroatoms. The van der Waals surface area contributed by atoms with Crippen LogP contribution in [0.3, 0.4) is 0 Å². The van der Waals surface area contributed by atoms with Crippen molar-refractivity contribution in [3.05, 3.63) is 24.8 Å². The van der Waals surface area contributed by atoms with E-state index in [-0.39, 0.29) is 12.8 Å². The summed E-state index contributed by atoms with van der Waals surface area (Å²) in [5, 5.41) is 0. The van der Waals surface area contributed by atoms with Gasteiger partial charge in [0.15, 0.2) is 6.79 Å². The molecule has 0 aliphatic heterocycles. The van der Waals surface area contributed by atoms with Gasteiger partial charge in [0.25, 0.3) is 0 Å². The number of carbonyl (C=O) groups excluding carboxylic acids is 1. The van der Waals surface area contributed by atoms with Gasteiger partial charge in [-0.3, -0.25) is 0 Å². The van der Waals surface area contributed by atoms with Gasteiger partial charge in [-0.05, 0) is 12.8 Å². The Kier molecular flexibility index (Phi) is 9.72. The molecule has 0 aliphatic rings. The van der Waals surface area contributed by atoms with Crippen molar-refractivity contribution in [2.75, 3.05) is 13.4 Å². The molecule has 0 spiro atoms. The lowest BCUT2D eigenvalue weighted by molar-refractivity contribution is -0.150. The van der Waals surface area contributed by atoms with E-state index in [2.05, 4.69) is 20.1 Å². The Morgan fingerprint density at radius 3 is 2.69 bits per heavy atom. The number of esters is 1. The van der Waals surface area contributed by atoms with Crippen molar-refractivity contribution >= 4 is 5.97 Å². The number of carbonyl (C=O) groups is 1. The number of hydrogen-bond donors (Lipinski definition) is 0. The first-order valence-corrected chi connectivity index (χ1v) is 5.75. The third-order valence-electron chi connectivity index (χ3n) is 2.13. The standard InChI is InChI=1S/C13H22O3/c1-4-6-7-8-9-12(3)13(14)16-11-15-10-5-2/h5H,2-4,6-11H2,1H3. The number of hydrogen-bond acceptors (Lipinski definition) is 3. The summed E-state index contributed by atoms with van der Waals surface area (Å²) in [6, 6.07) is 0. The molecule has 0 saturated carbocycles. The monoisotopic (exact) mass is 226 g/mol. The normalized spacial score (nSPS) is 9.81. The third-order valence-corrected chi connectivity index (χ3v) is 2.13. The zero-order chi connectivity index (χ0) is 12.2. The molecule has 0 N–H and O–H groups in total. The molecule has 0 fully saturated rings. The van der Waals surface area contributed by atoms with Crippen LogP contribution in [0.25, 0.3) is 0 Å². The molecule has 0 saturated heterocycles. The Balaban J connectivity index is 3.49. The molecule has 0 aliphatic carbocycles. The van der Waals surface area contributed by atoms with Crippen LogP contribution in [0.15, 0.2) is 24.8 Å². The zero-order valence-corrected chi connectivity index (χ0v) is 10.2. The van der Waals surface area contributed by atoms with Gasteiger partial charge in [-0.2, -0.15) is 0 Å². The minimum absolute atomic E-state index is 0.0289. The van der Waals surface area contributed by atoms with E-state index < -0.39 is 0 Å². The predicted octanol–water partition coefficient (Wildman–Crippen LogP) is 3.22. The highest BCUT2D eigenvalue weighted by Crippen LogP contribution is 2.09. The summed E-state index contributed by atoms with van der Waals surface area (Å²) in [5.74, 6) is -0.361. The van der Waals surface area contributed by atoms with E-state index in [1.165, 1.54) is 12.8 Å². The lowest BCUT2D eigenvalue weighted by Crippen LogP contribution is -2.10. The van der Waals surface area contributed by atoms with Crippen molar-refractivity contribution in [1.29, 1.82) is 0 Å². The fourth-order valence-electron chi connectivity index (χ4n) is 1.20. The molecule has 0 aromatic carbocycles. The topological polar surface area (TPSA) is 35.5 Å². The highest BCUT2D eigenvalue weighted by Gasteiger charge is 2.07. The van der Waals surface area contributed by atoms with Crippen molar-refractivity contribution in [1.82, 2.24) is 0 Å². The maximum Gasteiger partial charge on any atom is 0.335 e. The smallest absolute Gasteiger partial charge is 0.335 e. The van der Waals surface area contributed by atoms with Crippen LogP contribution in [0.5, 0.6) is 0 Å². The number of rotatable bonds is 10. The van der Waals surface area contributed by atoms with Crippen LogP contribution >= 0.6 is 0 Å². The van der Waals surface area contributed by atoms with E-state index in [0.29, 0.717) is 18.6 Å². The van der Waals surface area contributed by atoms with E-state index in [1.807, 2.05) is 0 Å². The van der Waals surface area contributed by atoms with Crippen LogP contribution in [0.4, 0.5) is 0 Å². The van der Waals surface area contributed by atoms with Gasteiger partial charge in [0.05, 0.1) is 6.61 Å². The van der Waals surface area contributed by atoms with Crippen molar-refractivity contribution in [2.45, 2.75) is 39.0 Å². The third kappa shape index (κ3) is 8.24. The molecular formula is C13H22O3. The highest BCUT2D eigenvalue weighted by molar-refractivity contribution is 5.87. The van der Waals surface area contributed by atoms with Crippen molar-refractivity contribution in [3.63, 3.8) is 0 Å². The summed E-state index contributed by atoms with van der Waals surface area (Å²) in [6.07, 6.45) is 6.83. The molecule has 0 bridgehead atoms. The average molecular weight is 226 g/mol. The van der Waals surface area contributed by atoms with Crippen molar-refractivity contribution < 1.29 is 14.3 Å². The van der Waals surface area contributed by atoms with Gasteiger partial charge in [0.1, 0.15) is 0 Å². The van der Waals surface area contributed by atoms with Gasteiger partial charge >= 0.3 is 5.97 Å². The van der Waals surface area contributed by atoms with Crippen LogP contribution in [0.2, 0.25) is 0 Å². The van der Waals surface area contributed by atoms with Crippen molar-refractivity contribution in [2.24, 2.45) is 0 Å². The molecule has 0 radical (unpaired) electrons. The highest BCUT2D eigenvalue weighted by atomic mass is 16.7. The summed E-state index contributed by atoms with van der Waals surface area (Å²) in [4.78, 5) is 11.3. The minimum atomic E-state index is -0.361. The van der Waals surface area contributed by atoms with Crippen molar-refractivity contribution in [3.8, 4) is 0 Å². The molecule has 0 heterocycles. The summed E-state index contributed by atoms with van der Waals surface area (Å²) in [7, 11) is 0. The van der Waals surface area contributed by atoms with E-state index in [0.717, 1.165) is 12.8 Å².